The molecule has 0 radical (unpaired) electrons. The highest BCUT2D eigenvalue weighted by molar-refractivity contribution is 5.95. The van der Waals surface area contributed by atoms with Crippen LogP contribution in [-0.2, 0) is 14.3 Å². The molecule has 0 aliphatic carbocycles. The number of anilines is 1. The first-order valence-corrected chi connectivity index (χ1v) is 7.81. The number of primary amides is 1. The smallest absolute Gasteiger partial charge is 0.338 e. The van der Waals surface area contributed by atoms with Crippen molar-refractivity contribution in [3.05, 3.63) is 53.6 Å². The lowest BCUT2D eigenvalue weighted by molar-refractivity contribution is -0.120. The maximum Gasteiger partial charge on any atom is 0.338 e. The van der Waals surface area contributed by atoms with Crippen molar-refractivity contribution in [2.24, 2.45) is 5.73 Å². The second kappa shape index (κ2) is 9.31. The number of ether oxygens (including phenoxy) is 3. The lowest BCUT2D eigenvalue weighted by Crippen LogP contribution is -2.21. The molecule has 2 aromatic carbocycles. The highest BCUT2D eigenvalue weighted by Gasteiger charge is 2.15. The van der Waals surface area contributed by atoms with E-state index in [1.165, 1.54) is 25.3 Å². The van der Waals surface area contributed by atoms with E-state index in [-0.39, 0.29) is 29.4 Å². The van der Waals surface area contributed by atoms with Gasteiger partial charge in [-0.15, -0.1) is 0 Å². The summed E-state index contributed by atoms with van der Waals surface area (Å²) in [5, 5.41) is 2.26. The second-order valence-electron chi connectivity index (χ2n) is 5.37. The van der Waals surface area contributed by atoms with Gasteiger partial charge < -0.3 is 25.3 Å². The molecule has 0 aromatic heterocycles. The van der Waals surface area contributed by atoms with Gasteiger partial charge >= 0.3 is 5.97 Å². The van der Waals surface area contributed by atoms with Crippen LogP contribution in [-0.4, -0.2) is 38.1 Å². The van der Waals surface area contributed by atoms with Crippen molar-refractivity contribution >= 4 is 23.5 Å². The summed E-state index contributed by atoms with van der Waals surface area (Å²) >= 11 is 0. The first-order chi connectivity index (χ1) is 13.3. The maximum atomic E-state index is 13.1. The largest absolute Gasteiger partial charge is 0.493 e. The summed E-state index contributed by atoms with van der Waals surface area (Å²) in [6, 6.07) is 6.82. The first-order valence-electron chi connectivity index (χ1n) is 7.81. The fraction of sp³-hybridized carbons (Fsp3) is 0.167. The Bertz CT molecular complexity index is 904. The minimum Gasteiger partial charge on any atom is -0.493 e. The van der Waals surface area contributed by atoms with Crippen LogP contribution in [0.5, 0.6) is 11.5 Å². The van der Waals surface area contributed by atoms with Gasteiger partial charge in [0.2, 0.25) is 0 Å². The predicted octanol–water partition coefficient (Wildman–Crippen LogP) is 1.63. The molecular weight excluding hydrogens is 378 g/mol. The summed E-state index contributed by atoms with van der Waals surface area (Å²) in [5.41, 5.74) is 5.06. The summed E-state index contributed by atoms with van der Waals surface area (Å²) < 4.78 is 41.0. The van der Waals surface area contributed by atoms with E-state index in [1.807, 2.05) is 0 Å². The Morgan fingerprint density at radius 2 is 1.75 bits per heavy atom. The van der Waals surface area contributed by atoms with Gasteiger partial charge in [0.05, 0.1) is 12.7 Å². The number of esters is 1. The van der Waals surface area contributed by atoms with Gasteiger partial charge in [0.15, 0.2) is 36.3 Å². The summed E-state index contributed by atoms with van der Waals surface area (Å²) in [4.78, 5) is 34.6. The average Bonchev–Trinajstić information content (AvgIpc) is 2.67. The number of carbonyl (C=O) groups is 3. The number of nitrogens with two attached hydrogens (primary N) is 1. The van der Waals surface area contributed by atoms with Crippen LogP contribution >= 0.6 is 0 Å². The minimum absolute atomic E-state index is 0.0116. The molecule has 28 heavy (non-hydrogen) atoms. The Balaban J connectivity index is 1.95. The number of hydrogen-bond donors (Lipinski definition) is 2. The van der Waals surface area contributed by atoms with Crippen LogP contribution in [0.4, 0.5) is 14.5 Å². The molecule has 0 aliphatic heterocycles. The van der Waals surface area contributed by atoms with Gasteiger partial charge in [-0.3, -0.25) is 9.59 Å². The molecule has 0 atom stereocenters. The SMILES string of the molecule is COc1cc(C(=O)OCC(=O)Nc2ccc(F)c(F)c2)ccc1OCC(N)=O. The number of benzene rings is 2. The van der Waals surface area contributed by atoms with Crippen LogP contribution in [0.25, 0.3) is 0 Å². The molecule has 10 heteroatoms. The number of carbonyl (C=O) groups excluding carboxylic acids is 3. The molecule has 0 saturated heterocycles. The lowest BCUT2D eigenvalue weighted by Gasteiger charge is -2.11. The highest BCUT2D eigenvalue weighted by atomic mass is 19.2. The average molecular weight is 394 g/mol. The standard InChI is InChI=1S/C18H16F2N2O6/c1-26-15-6-10(2-5-14(15)27-8-16(21)23)18(25)28-9-17(24)22-11-3-4-12(19)13(20)7-11/h2-7H,8-9H2,1H3,(H2,21,23)(H,22,24). The third kappa shape index (κ3) is 5.66. The molecule has 8 nitrogen and oxygen atoms in total. The fourth-order valence-corrected chi connectivity index (χ4v) is 2.05. The van der Waals surface area contributed by atoms with E-state index in [1.54, 1.807) is 0 Å². The van der Waals surface area contributed by atoms with Gasteiger partial charge in [0, 0.05) is 11.8 Å². The van der Waals surface area contributed by atoms with Crippen molar-refractivity contribution in [1.82, 2.24) is 0 Å². The number of amides is 2. The zero-order valence-corrected chi connectivity index (χ0v) is 14.7. The fourth-order valence-electron chi connectivity index (χ4n) is 2.05. The van der Waals surface area contributed by atoms with Crippen LogP contribution in [0.2, 0.25) is 0 Å². The Labute approximate surface area is 158 Å². The normalized spacial score (nSPS) is 10.1. The third-order valence-electron chi connectivity index (χ3n) is 3.31. The molecule has 0 aliphatic rings. The van der Waals surface area contributed by atoms with E-state index in [0.717, 1.165) is 18.2 Å². The topological polar surface area (TPSA) is 117 Å². The van der Waals surface area contributed by atoms with E-state index in [9.17, 15) is 23.2 Å². The molecule has 0 saturated carbocycles. The quantitative estimate of drug-likeness (QED) is 0.658. The summed E-state index contributed by atoms with van der Waals surface area (Å²) in [5.74, 6) is -4.09. The maximum absolute atomic E-state index is 13.1. The minimum atomic E-state index is -1.12. The van der Waals surface area contributed by atoms with Crippen molar-refractivity contribution in [2.45, 2.75) is 0 Å². The first kappa shape index (κ1) is 20.6. The van der Waals surface area contributed by atoms with Gasteiger partial charge in [-0.1, -0.05) is 0 Å². The summed E-state index contributed by atoms with van der Waals surface area (Å²) in [6.07, 6.45) is 0. The lowest BCUT2D eigenvalue weighted by atomic mass is 10.2. The number of halogens is 2. The van der Waals surface area contributed by atoms with Gasteiger partial charge in [0.1, 0.15) is 0 Å². The molecule has 0 heterocycles. The summed E-state index contributed by atoms with van der Waals surface area (Å²) in [7, 11) is 1.33. The van der Waals surface area contributed by atoms with Gasteiger partial charge in [-0.05, 0) is 30.3 Å². The van der Waals surface area contributed by atoms with Gasteiger partial charge in [-0.25, -0.2) is 13.6 Å². The van der Waals surface area contributed by atoms with E-state index in [0.29, 0.717) is 0 Å². The van der Waals surface area contributed by atoms with Gasteiger partial charge in [-0.2, -0.15) is 0 Å². The van der Waals surface area contributed by atoms with E-state index in [2.05, 4.69) is 5.32 Å². The van der Waals surface area contributed by atoms with Crippen LogP contribution < -0.4 is 20.5 Å². The molecule has 0 unspecified atom stereocenters. The Morgan fingerprint density at radius 1 is 1.00 bits per heavy atom. The van der Waals surface area contributed by atoms with Crippen molar-refractivity contribution in [2.75, 3.05) is 25.6 Å². The number of nitrogens with one attached hydrogen (secondary N) is 1. The van der Waals surface area contributed by atoms with E-state index in [4.69, 9.17) is 19.9 Å². The number of methoxy groups -OCH3 is 1. The molecule has 148 valence electrons. The molecule has 0 bridgehead atoms. The molecule has 2 aromatic rings. The molecular formula is C18H16F2N2O6. The van der Waals surface area contributed by atoms with Gasteiger partial charge in [0.25, 0.3) is 11.8 Å². The zero-order valence-electron chi connectivity index (χ0n) is 14.7. The zero-order chi connectivity index (χ0) is 20.7. The second-order valence-corrected chi connectivity index (χ2v) is 5.37. The number of rotatable bonds is 8. The van der Waals surface area contributed by atoms with Crippen molar-refractivity contribution in [3.8, 4) is 11.5 Å². The van der Waals surface area contributed by atoms with Crippen LogP contribution in [0.15, 0.2) is 36.4 Å². The Hall–Kier alpha value is -3.69. The third-order valence-corrected chi connectivity index (χ3v) is 3.31. The highest BCUT2D eigenvalue weighted by Crippen LogP contribution is 2.28. The van der Waals surface area contributed by atoms with Crippen LogP contribution in [0, 0.1) is 11.6 Å². The monoisotopic (exact) mass is 394 g/mol. The molecule has 3 N–H and O–H groups in total. The predicted molar refractivity (Wildman–Crippen MR) is 93.0 cm³/mol. The molecule has 2 rings (SSSR count). The molecule has 2 amide bonds. The molecule has 0 fully saturated rings. The van der Waals surface area contributed by atoms with E-state index >= 15 is 0 Å². The van der Waals surface area contributed by atoms with Crippen LogP contribution in [0.3, 0.4) is 0 Å². The van der Waals surface area contributed by atoms with Crippen molar-refractivity contribution in [3.63, 3.8) is 0 Å². The summed E-state index contributed by atoms with van der Waals surface area (Å²) in [6.45, 7) is -1.02. The van der Waals surface area contributed by atoms with Crippen molar-refractivity contribution < 1.29 is 37.4 Å². The van der Waals surface area contributed by atoms with E-state index < -0.39 is 36.0 Å². The van der Waals surface area contributed by atoms with Crippen molar-refractivity contribution in [1.29, 1.82) is 0 Å². The molecule has 0 spiro atoms. The number of hydrogen-bond acceptors (Lipinski definition) is 6. The van der Waals surface area contributed by atoms with Crippen LogP contribution in [0.1, 0.15) is 10.4 Å². The Kier molecular flexibility index (Phi) is 6.85. The Morgan fingerprint density at radius 3 is 2.39 bits per heavy atom.